The zero-order chi connectivity index (χ0) is 23.7. The first kappa shape index (κ1) is 22.1. The van der Waals surface area contributed by atoms with E-state index >= 15 is 0 Å². The minimum Gasteiger partial charge on any atom is -0.490 e. The molecule has 0 N–H and O–H groups in total. The van der Waals surface area contributed by atoms with Crippen molar-refractivity contribution in [3.8, 4) is 17.0 Å². The Kier molecular flexibility index (Phi) is 6.05. The molecule has 1 saturated heterocycles. The van der Waals surface area contributed by atoms with Gasteiger partial charge in [0.15, 0.2) is 5.65 Å². The molecule has 0 unspecified atom stereocenters. The van der Waals surface area contributed by atoms with E-state index in [4.69, 9.17) is 9.72 Å². The summed E-state index contributed by atoms with van der Waals surface area (Å²) in [6, 6.07) is 18.1. The van der Waals surface area contributed by atoms with E-state index in [0.717, 1.165) is 52.0 Å². The number of aromatic nitrogens is 3. The number of hydrogen-bond donors (Lipinski definition) is 0. The molecule has 0 atom stereocenters. The summed E-state index contributed by atoms with van der Waals surface area (Å²) < 4.78 is 8.20. The van der Waals surface area contributed by atoms with Crippen LogP contribution in [0.1, 0.15) is 41.3 Å². The van der Waals surface area contributed by atoms with Crippen LogP contribution in [0.15, 0.2) is 60.8 Å². The van der Waals surface area contributed by atoms with Crippen molar-refractivity contribution >= 4 is 16.9 Å². The molecule has 1 aliphatic heterocycles. The van der Waals surface area contributed by atoms with Crippen LogP contribution in [0.5, 0.6) is 5.75 Å². The number of para-hydroxylation sites is 1. The van der Waals surface area contributed by atoms with E-state index in [2.05, 4.69) is 37.1 Å². The molecular formula is C28H30N4O2. The number of aryl methyl sites for hydroxylation is 3. The molecule has 0 saturated carbocycles. The number of carbonyl (C=O) groups excluding carboxylic acids is 1. The zero-order valence-electron chi connectivity index (χ0n) is 20.0. The van der Waals surface area contributed by atoms with E-state index in [-0.39, 0.29) is 12.0 Å². The average Bonchev–Trinajstić information content (AvgIpc) is 3.29. The highest BCUT2D eigenvalue weighted by Gasteiger charge is 2.27. The first-order valence-electron chi connectivity index (χ1n) is 12.0. The monoisotopic (exact) mass is 454 g/mol. The summed E-state index contributed by atoms with van der Waals surface area (Å²) >= 11 is 0. The van der Waals surface area contributed by atoms with Gasteiger partial charge in [0.2, 0.25) is 0 Å². The SMILES string of the molecule is CCn1ncc2c(C(=O)N3CCC(Oc4c(C)cccc4C)CC3)cc(-c3ccccc3)nc21. The predicted octanol–water partition coefficient (Wildman–Crippen LogP) is 5.42. The second-order valence-electron chi connectivity index (χ2n) is 8.95. The maximum atomic E-state index is 13.7. The van der Waals surface area contributed by atoms with Gasteiger partial charge in [0.1, 0.15) is 11.9 Å². The molecule has 3 heterocycles. The number of rotatable bonds is 5. The first-order valence-corrected chi connectivity index (χ1v) is 12.0. The molecule has 1 fully saturated rings. The van der Waals surface area contributed by atoms with Crippen LogP contribution in [0.2, 0.25) is 0 Å². The van der Waals surface area contributed by atoms with Gasteiger partial charge >= 0.3 is 0 Å². The van der Waals surface area contributed by atoms with E-state index in [1.807, 2.05) is 52.9 Å². The van der Waals surface area contributed by atoms with Crippen molar-refractivity contribution < 1.29 is 9.53 Å². The van der Waals surface area contributed by atoms with E-state index < -0.39 is 0 Å². The summed E-state index contributed by atoms with van der Waals surface area (Å²) in [5, 5.41) is 5.28. The van der Waals surface area contributed by atoms with Crippen molar-refractivity contribution in [2.24, 2.45) is 0 Å². The second-order valence-corrected chi connectivity index (χ2v) is 8.95. The fourth-order valence-electron chi connectivity index (χ4n) is 4.71. The molecule has 2 aromatic heterocycles. The number of hydrogen-bond acceptors (Lipinski definition) is 4. The molecule has 6 heteroatoms. The number of pyridine rings is 1. The number of benzene rings is 2. The number of nitrogens with zero attached hydrogens (tertiary/aromatic N) is 4. The van der Waals surface area contributed by atoms with Crippen LogP contribution in [-0.2, 0) is 6.54 Å². The molecule has 0 spiro atoms. The Morgan fingerprint density at radius 2 is 1.74 bits per heavy atom. The quantitative estimate of drug-likeness (QED) is 0.404. The third-order valence-corrected chi connectivity index (χ3v) is 6.63. The van der Waals surface area contributed by atoms with E-state index in [1.54, 1.807) is 6.20 Å². The molecule has 0 bridgehead atoms. The number of amides is 1. The topological polar surface area (TPSA) is 60.2 Å². The van der Waals surface area contributed by atoms with Crippen LogP contribution >= 0.6 is 0 Å². The molecular weight excluding hydrogens is 424 g/mol. The predicted molar refractivity (Wildman–Crippen MR) is 134 cm³/mol. The van der Waals surface area contributed by atoms with E-state index in [1.165, 1.54) is 0 Å². The minimum absolute atomic E-state index is 0.0331. The largest absolute Gasteiger partial charge is 0.490 e. The van der Waals surface area contributed by atoms with Gasteiger partial charge in [-0.15, -0.1) is 0 Å². The maximum absolute atomic E-state index is 13.7. The molecule has 4 aromatic rings. The number of likely N-dealkylation sites (tertiary alicyclic amines) is 1. The summed E-state index contributed by atoms with van der Waals surface area (Å²) in [7, 11) is 0. The smallest absolute Gasteiger partial charge is 0.254 e. The Hall–Kier alpha value is -3.67. The lowest BCUT2D eigenvalue weighted by atomic mass is 10.0. The second kappa shape index (κ2) is 9.29. The fourth-order valence-corrected chi connectivity index (χ4v) is 4.71. The lowest BCUT2D eigenvalue weighted by Gasteiger charge is -2.33. The minimum atomic E-state index is 0.0331. The molecule has 174 valence electrons. The van der Waals surface area contributed by atoms with Gasteiger partial charge in [-0.2, -0.15) is 5.10 Å². The van der Waals surface area contributed by atoms with Crippen LogP contribution in [-0.4, -0.2) is 44.8 Å². The standard InChI is InChI=1S/C28H30N4O2/c1-4-32-27-24(18-29-32)23(17-25(30-27)21-11-6-5-7-12-21)28(33)31-15-13-22(14-16-31)34-26-19(2)9-8-10-20(26)3/h5-12,17-18,22H,4,13-16H2,1-3H3. The van der Waals surface area contributed by atoms with Gasteiger partial charge in [-0.05, 0) is 38.0 Å². The van der Waals surface area contributed by atoms with Crippen molar-refractivity contribution in [3.63, 3.8) is 0 Å². The van der Waals surface area contributed by atoms with E-state index in [0.29, 0.717) is 25.2 Å². The summed E-state index contributed by atoms with van der Waals surface area (Å²) in [5.41, 5.74) is 5.50. The third-order valence-electron chi connectivity index (χ3n) is 6.63. The summed E-state index contributed by atoms with van der Waals surface area (Å²) in [4.78, 5) is 20.5. The van der Waals surface area contributed by atoms with Gasteiger partial charge in [-0.3, -0.25) is 4.79 Å². The number of ether oxygens (including phenoxy) is 1. The Morgan fingerprint density at radius 3 is 2.41 bits per heavy atom. The molecule has 5 rings (SSSR count). The highest BCUT2D eigenvalue weighted by Crippen LogP contribution is 2.29. The molecule has 0 aliphatic carbocycles. The van der Waals surface area contributed by atoms with Crippen LogP contribution in [0.4, 0.5) is 0 Å². The van der Waals surface area contributed by atoms with Crippen LogP contribution < -0.4 is 4.74 Å². The van der Waals surface area contributed by atoms with Gasteiger partial charge in [0, 0.05) is 38.0 Å². The van der Waals surface area contributed by atoms with Crippen molar-refractivity contribution in [3.05, 3.63) is 77.5 Å². The first-order chi connectivity index (χ1) is 16.5. The summed E-state index contributed by atoms with van der Waals surface area (Å²) in [6.07, 6.45) is 3.51. The Bertz CT molecular complexity index is 1300. The Labute approximate surface area is 200 Å². The van der Waals surface area contributed by atoms with Crippen molar-refractivity contribution in [2.45, 2.75) is 46.3 Å². The maximum Gasteiger partial charge on any atom is 0.254 e. The van der Waals surface area contributed by atoms with Crippen LogP contribution in [0.3, 0.4) is 0 Å². The van der Waals surface area contributed by atoms with Crippen molar-refractivity contribution in [1.82, 2.24) is 19.7 Å². The molecule has 34 heavy (non-hydrogen) atoms. The summed E-state index contributed by atoms with van der Waals surface area (Å²) in [5.74, 6) is 1.01. The number of fused-ring (bicyclic) bond motifs is 1. The Morgan fingerprint density at radius 1 is 1.03 bits per heavy atom. The lowest BCUT2D eigenvalue weighted by Crippen LogP contribution is -2.42. The normalized spacial score (nSPS) is 14.5. The van der Waals surface area contributed by atoms with Crippen LogP contribution in [0, 0.1) is 13.8 Å². The van der Waals surface area contributed by atoms with Crippen molar-refractivity contribution in [1.29, 1.82) is 0 Å². The number of carbonyl (C=O) groups is 1. The summed E-state index contributed by atoms with van der Waals surface area (Å²) in [6.45, 7) is 8.23. The Balaban J connectivity index is 1.39. The van der Waals surface area contributed by atoms with Gasteiger partial charge in [0.05, 0.1) is 22.8 Å². The van der Waals surface area contributed by atoms with Crippen LogP contribution in [0.25, 0.3) is 22.3 Å². The van der Waals surface area contributed by atoms with Gasteiger partial charge in [-0.25, -0.2) is 9.67 Å². The molecule has 6 nitrogen and oxygen atoms in total. The fraction of sp³-hybridized carbons (Fsp3) is 0.321. The lowest BCUT2D eigenvalue weighted by molar-refractivity contribution is 0.0595. The molecule has 2 aromatic carbocycles. The molecule has 1 aliphatic rings. The van der Waals surface area contributed by atoms with E-state index in [9.17, 15) is 4.79 Å². The highest BCUT2D eigenvalue weighted by atomic mass is 16.5. The number of piperidine rings is 1. The van der Waals surface area contributed by atoms with Gasteiger partial charge < -0.3 is 9.64 Å². The average molecular weight is 455 g/mol. The third kappa shape index (κ3) is 4.16. The molecule has 0 radical (unpaired) electrons. The zero-order valence-corrected chi connectivity index (χ0v) is 20.0. The molecule has 1 amide bonds. The van der Waals surface area contributed by atoms with Gasteiger partial charge in [0.25, 0.3) is 5.91 Å². The van der Waals surface area contributed by atoms with Gasteiger partial charge in [-0.1, -0.05) is 48.5 Å². The van der Waals surface area contributed by atoms with Crippen molar-refractivity contribution in [2.75, 3.05) is 13.1 Å². The highest BCUT2D eigenvalue weighted by molar-refractivity contribution is 6.06.